The van der Waals surface area contributed by atoms with Gasteiger partial charge in [-0.05, 0) is 30.5 Å². The molecule has 0 bridgehead atoms. The fourth-order valence-electron chi connectivity index (χ4n) is 2.55. The summed E-state index contributed by atoms with van der Waals surface area (Å²) in [6, 6.07) is 6.89. The zero-order valence-corrected chi connectivity index (χ0v) is 10.7. The highest BCUT2D eigenvalue weighted by molar-refractivity contribution is 5.86. The van der Waals surface area contributed by atoms with E-state index < -0.39 is 5.54 Å². The molecule has 0 spiro atoms. The summed E-state index contributed by atoms with van der Waals surface area (Å²) in [7, 11) is 1.78. The van der Waals surface area contributed by atoms with Gasteiger partial charge in [-0.2, -0.15) is 0 Å². The fourth-order valence-corrected chi connectivity index (χ4v) is 2.55. The van der Waals surface area contributed by atoms with Crippen LogP contribution >= 0.6 is 0 Å². The first-order valence-corrected chi connectivity index (χ1v) is 6.34. The third kappa shape index (κ3) is 2.64. The van der Waals surface area contributed by atoms with E-state index in [9.17, 15) is 9.90 Å². The molecule has 1 saturated carbocycles. The van der Waals surface area contributed by atoms with Crippen LogP contribution in [0, 0.1) is 0 Å². The lowest BCUT2D eigenvalue weighted by Crippen LogP contribution is -2.52. The Bertz CT molecular complexity index is 422. The molecule has 1 aromatic carbocycles. The van der Waals surface area contributed by atoms with Crippen molar-refractivity contribution < 1.29 is 9.90 Å². The second-order valence-electron chi connectivity index (χ2n) is 5.19. The zero-order chi connectivity index (χ0) is 13.2. The number of phenols is 1. The van der Waals surface area contributed by atoms with Crippen molar-refractivity contribution >= 4 is 5.91 Å². The molecule has 3 N–H and O–H groups in total. The molecule has 0 atom stereocenters. The van der Waals surface area contributed by atoms with Crippen molar-refractivity contribution in [2.24, 2.45) is 5.73 Å². The van der Waals surface area contributed by atoms with E-state index in [1.54, 1.807) is 24.1 Å². The number of rotatable bonds is 3. The Labute approximate surface area is 107 Å². The molecule has 0 aromatic heterocycles. The predicted octanol–water partition coefficient (Wildman–Crippen LogP) is 1.62. The van der Waals surface area contributed by atoms with Crippen molar-refractivity contribution in [3.8, 4) is 5.75 Å². The molecule has 0 radical (unpaired) electrons. The molecule has 0 saturated heterocycles. The third-order valence-electron chi connectivity index (χ3n) is 3.62. The topological polar surface area (TPSA) is 66.6 Å². The number of phenolic OH excluding ortho intramolecular Hbond substituents is 1. The number of amides is 1. The van der Waals surface area contributed by atoms with Crippen LogP contribution in [-0.2, 0) is 11.3 Å². The van der Waals surface area contributed by atoms with Gasteiger partial charge in [0.2, 0.25) is 5.91 Å². The number of hydrogen-bond donors (Lipinski definition) is 2. The van der Waals surface area contributed by atoms with Crippen molar-refractivity contribution in [3.63, 3.8) is 0 Å². The average Bonchev–Trinajstić information content (AvgIpc) is 2.79. The van der Waals surface area contributed by atoms with E-state index in [0.717, 1.165) is 31.2 Å². The fraction of sp³-hybridized carbons (Fsp3) is 0.500. The maximum absolute atomic E-state index is 12.3. The van der Waals surface area contributed by atoms with Gasteiger partial charge in [0.1, 0.15) is 5.75 Å². The number of hydrogen-bond acceptors (Lipinski definition) is 3. The maximum Gasteiger partial charge on any atom is 0.242 e. The lowest BCUT2D eigenvalue weighted by Gasteiger charge is -2.28. The molecule has 98 valence electrons. The second-order valence-corrected chi connectivity index (χ2v) is 5.19. The van der Waals surface area contributed by atoms with Crippen LogP contribution in [0.2, 0.25) is 0 Å². The van der Waals surface area contributed by atoms with E-state index in [4.69, 9.17) is 5.73 Å². The van der Waals surface area contributed by atoms with Gasteiger partial charge in [0.25, 0.3) is 0 Å². The van der Waals surface area contributed by atoms with Gasteiger partial charge in [0.15, 0.2) is 0 Å². The summed E-state index contributed by atoms with van der Waals surface area (Å²) >= 11 is 0. The molecule has 1 fully saturated rings. The molecule has 0 heterocycles. The molecule has 4 heteroatoms. The number of carbonyl (C=O) groups is 1. The Morgan fingerprint density at radius 1 is 1.33 bits per heavy atom. The van der Waals surface area contributed by atoms with Crippen LogP contribution in [0.25, 0.3) is 0 Å². The van der Waals surface area contributed by atoms with Crippen LogP contribution in [-0.4, -0.2) is 28.5 Å². The van der Waals surface area contributed by atoms with Gasteiger partial charge in [0.05, 0.1) is 5.54 Å². The summed E-state index contributed by atoms with van der Waals surface area (Å²) in [4.78, 5) is 14.0. The number of benzene rings is 1. The molecule has 0 aliphatic heterocycles. The van der Waals surface area contributed by atoms with Crippen LogP contribution in [0.1, 0.15) is 31.2 Å². The van der Waals surface area contributed by atoms with Crippen molar-refractivity contribution in [1.29, 1.82) is 0 Å². The van der Waals surface area contributed by atoms with Gasteiger partial charge in [0, 0.05) is 13.6 Å². The Morgan fingerprint density at radius 2 is 1.89 bits per heavy atom. The van der Waals surface area contributed by atoms with Gasteiger partial charge in [-0.25, -0.2) is 0 Å². The molecular formula is C14H20N2O2. The first-order valence-electron chi connectivity index (χ1n) is 6.34. The van der Waals surface area contributed by atoms with E-state index in [1.165, 1.54) is 0 Å². The standard InChI is InChI=1S/C14H20N2O2/c1-16(10-11-4-6-12(17)7-5-11)13(18)14(15)8-2-3-9-14/h4-7,17H,2-3,8-10,15H2,1H3. The summed E-state index contributed by atoms with van der Waals surface area (Å²) in [5.74, 6) is 0.256. The van der Waals surface area contributed by atoms with E-state index in [0.29, 0.717) is 6.54 Å². The molecule has 4 nitrogen and oxygen atoms in total. The van der Waals surface area contributed by atoms with Gasteiger partial charge in [-0.15, -0.1) is 0 Å². The van der Waals surface area contributed by atoms with Crippen molar-refractivity contribution in [2.45, 2.75) is 37.8 Å². The summed E-state index contributed by atoms with van der Waals surface area (Å²) in [6.45, 7) is 0.526. The van der Waals surface area contributed by atoms with Crippen molar-refractivity contribution in [2.75, 3.05) is 7.05 Å². The highest BCUT2D eigenvalue weighted by atomic mass is 16.3. The molecule has 2 rings (SSSR count). The van der Waals surface area contributed by atoms with Gasteiger partial charge >= 0.3 is 0 Å². The molecule has 1 aliphatic rings. The highest BCUT2D eigenvalue weighted by Gasteiger charge is 2.38. The maximum atomic E-state index is 12.3. The van der Waals surface area contributed by atoms with Crippen molar-refractivity contribution in [1.82, 2.24) is 4.90 Å². The summed E-state index contributed by atoms with van der Waals surface area (Å²) in [5.41, 5.74) is 6.48. The van der Waals surface area contributed by atoms with E-state index >= 15 is 0 Å². The van der Waals surface area contributed by atoms with Gasteiger partial charge < -0.3 is 15.7 Å². The minimum atomic E-state index is -0.661. The monoisotopic (exact) mass is 248 g/mol. The number of nitrogens with zero attached hydrogens (tertiary/aromatic N) is 1. The molecule has 1 aliphatic carbocycles. The molecule has 1 amide bonds. The first kappa shape index (κ1) is 12.9. The number of carbonyl (C=O) groups excluding carboxylic acids is 1. The molecular weight excluding hydrogens is 228 g/mol. The zero-order valence-electron chi connectivity index (χ0n) is 10.7. The van der Waals surface area contributed by atoms with E-state index in [-0.39, 0.29) is 11.7 Å². The van der Waals surface area contributed by atoms with E-state index in [2.05, 4.69) is 0 Å². The largest absolute Gasteiger partial charge is 0.508 e. The number of likely N-dealkylation sites (N-methyl/N-ethyl adjacent to an activating group) is 1. The lowest BCUT2D eigenvalue weighted by molar-refractivity contribution is -0.136. The molecule has 18 heavy (non-hydrogen) atoms. The van der Waals surface area contributed by atoms with Crippen molar-refractivity contribution in [3.05, 3.63) is 29.8 Å². The summed E-state index contributed by atoms with van der Waals surface area (Å²) < 4.78 is 0. The first-order chi connectivity index (χ1) is 8.51. The minimum Gasteiger partial charge on any atom is -0.508 e. The van der Waals surface area contributed by atoms with Crippen LogP contribution in [0.15, 0.2) is 24.3 Å². The third-order valence-corrected chi connectivity index (χ3v) is 3.62. The number of aromatic hydroxyl groups is 1. The van der Waals surface area contributed by atoms with Crippen LogP contribution in [0.4, 0.5) is 0 Å². The predicted molar refractivity (Wildman–Crippen MR) is 70.0 cm³/mol. The van der Waals surface area contributed by atoms with Gasteiger partial charge in [-0.3, -0.25) is 4.79 Å². The Balaban J connectivity index is 2.01. The summed E-state index contributed by atoms with van der Waals surface area (Å²) in [6.07, 6.45) is 3.64. The van der Waals surface area contributed by atoms with Crippen LogP contribution in [0.3, 0.4) is 0 Å². The minimum absolute atomic E-state index is 0.0214. The number of nitrogens with two attached hydrogens (primary N) is 1. The second kappa shape index (κ2) is 4.98. The van der Waals surface area contributed by atoms with Crippen LogP contribution < -0.4 is 5.73 Å². The Kier molecular flexibility index (Phi) is 3.57. The molecule has 0 unspecified atom stereocenters. The molecule has 1 aromatic rings. The van der Waals surface area contributed by atoms with Crippen LogP contribution in [0.5, 0.6) is 5.75 Å². The average molecular weight is 248 g/mol. The summed E-state index contributed by atoms with van der Waals surface area (Å²) in [5, 5.41) is 9.21. The normalized spacial score (nSPS) is 17.7. The SMILES string of the molecule is CN(Cc1ccc(O)cc1)C(=O)C1(N)CCCC1. The lowest BCUT2D eigenvalue weighted by atomic mass is 9.97. The Morgan fingerprint density at radius 3 is 2.44 bits per heavy atom. The Hall–Kier alpha value is -1.55. The highest BCUT2D eigenvalue weighted by Crippen LogP contribution is 2.29. The quantitative estimate of drug-likeness (QED) is 0.854. The van der Waals surface area contributed by atoms with Gasteiger partial charge in [-0.1, -0.05) is 25.0 Å². The van der Waals surface area contributed by atoms with E-state index in [1.807, 2.05) is 12.1 Å². The smallest absolute Gasteiger partial charge is 0.242 e.